The standard InChI is InChI=1S/C20H19BrN4O4S/c1-20(10-4-2-5-11(21)8-10)18(28)25(19(29)24-20)9-14(26)23-17-15(16(22)27)12-6-3-7-13(12)30-17/h2,4-5,8H,3,6-7,9H2,1H3,(H2,22,27)(H,23,26)(H,24,29)/t20-/m1/s1. The molecule has 1 atom stereocenters. The second-order valence-corrected chi connectivity index (χ2v) is 9.45. The molecule has 0 spiro atoms. The van der Waals surface area contributed by atoms with Crippen LogP contribution in [0.4, 0.5) is 9.80 Å². The molecule has 0 saturated carbocycles. The first-order valence-electron chi connectivity index (χ1n) is 9.35. The molecule has 1 aliphatic heterocycles. The zero-order chi connectivity index (χ0) is 21.6. The lowest BCUT2D eigenvalue weighted by Crippen LogP contribution is -2.42. The molecule has 5 amide bonds. The summed E-state index contributed by atoms with van der Waals surface area (Å²) in [7, 11) is 0. The minimum absolute atomic E-state index is 0.331. The van der Waals surface area contributed by atoms with Crippen molar-refractivity contribution in [2.75, 3.05) is 11.9 Å². The van der Waals surface area contributed by atoms with Gasteiger partial charge in [0.2, 0.25) is 5.91 Å². The van der Waals surface area contributed by atoms with E-state index in [9.17, 15) is 19.2 Å². The Morgan fingerprint density at radius 3 is 2.80 bits per heavy atom. The van der Waals surface area contributed by atoms with Gasteiger partial charge in [-0.1, -0.05) is 28.1 Å². The van der Waals surface area contributed by atoms with Crippen LogP contribution in [0.5, 0.6) is 0 Å². The maximum Gasteiger partial charge on any atom is 0.325 e. The van der Waals surface area contributed by atoms with Crippen molar-refractivity contribution in [1.82, 2.24) is 10.2 Å². The highest BCUT2D eigenvalue weighted by molar-refractivity contribution is 9.10. The highest BCUT2D eigenvalue weighted by atomic mass is 79.9. The van der Waals surface area contributed by atoms with E-state index >= 15 is 0 Å². The van der Waals surface area contributed by atoms with Crippen LogP contribution in [-0.2, 0) is 28.0 Å². The number of hydrogen-bond donors (Lipinski definition) is 3. The van der Waals surface area contributed by atoms with E-state index in [1.165, 1.54) is 11.3 Å². The highest BCUT2D eigenvalue weighted by Crippen LogP contribution is 2.39. The molecule has 1 aromatic heterocycles. The molecule has 2 aromatic rings. The third-order valence-corrected chi connectivity index (χ3v) is 7.10. The van der Waals surface area contributed by atoms with Crippen molar-refractivity contribution in [3.8, 4) is 0 Å². The molecule has 0 bridgehead atoms. The van der Waals surface area contributed by atoms with Gasteiger partial charge in [-0.3, -0.25) is 19.3 Å². The van der Waals surface area contributed by atoms with Gasteiger partial charge in [-0.05, 0) is 49.4 Å². The average molecular weight is 491 g/mol. The Bertz CT molecular complexity index is 1100. The highest BCUT2D eigenvalue weighted by Gasteiger charge is 2.49. The number of aryl methyl sites for hydroxylation is 1. The Labute approximate surface area is 184 Å². The molecule has 2 heterocycles. The van der Waals surface area contributed by atoms with Crippen LogP contribution in [0.2, 0.25) is 0 Å². The van der Waals surface area contributed by atoms with Gasteiger partial charge in [0.1, 0.15) is 17.1 Å². The molecule has 2 aliphatic rings. The fourth-order valence-electron chi connectivity index (χ4n) is 3.90. The number of imide groups is 1. The number of fused-ring (bicyclic) bond motifs is 1. The van der Waals surface area contributed by atoms with E-state index in [0.29, 0.717) is 16.1 Å². The Balaban J connectivity index is 1.53. The summed E-state index contributed by atoms with van der Waals surface area (Å²) in [5.74, 6) is -1.69. The molecule has 4 rings (SSSR count). The normalized spacial score (nSPS) is 20.3. The van der Waals surface area contributed by atoms with E-state index in [1.807, 2.05) is 6.07 Å². The molecule has 1 fully saturated rings. The molecule has 1 aromatic carbocycles. The Morgan fingerprint density at radius 1 is 1.33 bits per heavy atom. The maximum absolute atomic E-state index is 13.0. The molecule has 10 heteroatoms. The van der Waals surface area contributed by atoms with Crippen molar-refractivity contribution in [3.05, 3.63) is 50.3 Å². The number of carbonyl (C=O) groups excluding carboxylic acids is 4. The number of rotatable bonds is 5. The van der Waals surface area contributed by atoms with E-state index in [0.717, 1.165) is 39.1 Å². The maximum atomic E-state index is 13.0. The van der Waals surface area contributed by atoms with Crippen LogP contribution in [0.25, 0.3) is 0 Å². The number of carbonyl (C=O) groups is 4. The second-order valence-electron chi connectivity index (χ2n) is 7.43. The summed E-state index contributed by atoms with van der Waals surface area (Å²) < 4.78 is 0.768. The van der Waals surface area contributed by atoms with Crippen LogP contribution in [0, 0.1) is 0 Å². The Morgan fingerprint density at radius 2 is 2.10 bits per heavy atom. The van der Waals surface area contributed by atoms with Crippen molar-refractivity contribution in [2.45, 2.75) is 31.7 Å². The lowest BCUT2D eigenvalue weighted by molar-refractivity contribution is -0.133. The van der Waals surface area contributed by atoms with Crippen LogP contribution >= 0.6 is 27.3 Å². The molecule has 1 aliphatic carbocycles. The van der Waals surface area contributed by atoms with Gasteiger partial charge < -0.3 is 16.4 Å². The first kappa shape index (κ1) is 20.5. The molecule has 156 valence electrons. The van der Waals surface area contributed by atoms with Crippen LogP contribution < -0.4 is 16.4 Å². The zero-order valence-corrected chi connectivity index (χ0v) is 18.5. The summed E-state index contributed by atoms with van der Waals surface area (Å²) in [5.41, 5.74) is 6.06. The third-order valence-electron chi connectivity index (χ3n) is 5.40. The number of nitrogens with zero attached hydrogens (tertiary/aromatic N) is 1. The molecular weight excluding hydrogens is 472 g/mol. The van der Waals surface area contributed by atoms with Gasteiger partial charge in [0, 0.05) is 9.35 Å². The largest absolute Gasteiger partial charge is 0.365 e. The quantitative estimate of drug-likeness (QED) is 0.557. The van der Waals surface area contributed by atoms with Crippen molar-refractivity contribution in [3.63, 3.8) is 0 Å². The third kappa shape index (κ3) is 3.39. The molecule has 4 N–H and O–H groups in total. The lowest BCUT2D eigenvalue weighted by Gasteiger charge is -2.22. The number of primary amides is 1. The van der Waals surface area contributed by atoms with E-state index in [1.54, 1.807) is 25.1 Å². The summed E-state index contributed by atoms with van der Waals surface area (Å²) in [4.78, 5) is 51.9. The number of thiophene rings is 1. The SMILES string of the molecule is C[C@]1(c2cccc(Br)c2)NC(=O)N(CC(=O)Nc2sc3c(c2C(N)=O)CCC3)C1=O. The van der Waals surface area contributed by atoms with Crippen molar-refractivity contribution in [1.29, 1.82) is 0 Å². The number of urea groups is 1. The van der Waals surface area contributed by atoms with Crippen molar-refractivity contribution < 1.29 is 19.2 Å². The Kier molecular flexibility index (Phi) is 5.15. The number of hydrogen-bond acceptors (Lipinski definition) is 5. The minimum atomic E-state index is -1.27. The smallest absolute Gasteiger partial charge is 0.325 e. The molecule has 8 nitrogen and oxygen atoms in total. The van der Waals surface area contributed by atoms with Crippen LogP contribution in [-0.4, -0.2) is 35.2 Å². The predicted molar refractivity (Wildman–Crippen MR) is 115 cm³/mol. The van der Waals surface area contributed by atoms with Crippen molar-refractivity contribution in [2.24, 2.45) is 5.73 Å². The summed E-state index contributed by atoms with van der Waals surface area (Å²) >= 11 is 4.68. The van der Waals surface area contributed by atoms with E-state index in [-0.39, 0.29) is 0 Å². The van der Waals surface area contributed by atoms with Gasteiger partial charge in [-0.25, -0.2) is 4.79 Å². The summed E-state index contributed by atoms with van der Waals surface area (Å²) in [6.45, 7) is 1.14. The van der Waals surface area contributed by atoms with Gasteiger partial charge >= 0.3 is 6.03 Å². The predicted octanol–water partition coefficient (Wildman–Crippen LogP) is 2.50. The molecule has 0 radical (unpaired) electrons. The van der Waals surface area contributed by atoms with E-state index in [4.69, 9.17) is 5.73 Å². The van der Waals surface area contributed by atoms with Crippen LogP contribution in [0.1, 0.15) is 39.7 Å². The van der Waals surface area contributed by atoms with Gasteiger partial charge in [0.25, 0.3) is 11.8 Å². The number of nitrogens with one attached hydrogen (secondary N) is 2. The Hall–Kier alpha value is -2.72. The zero-order valence-electron chi connectivity index (χ0n) is 16.1. The van der Waals surface area contributed by atoms with E-state index in [2.05, 4.69) is 26.6 Å². The summed E-state index contributed by atoms with van der Waals surface area (Å²) in [6.07, 6.45) is 2.54. The summed E-state index contributed by atoms with van der Waals surface area (Å²) in [5, 5.41) is 5.71. The van der Waals surface area contributed by atoms with Crippen molar-refractivity contribution >= 4 is 56.0 Å². The fraction of sp³-hybridized carbons (Fsp3) is 0.300. The molecule has 30 heavy (non-hydrogen) atoms. The first-order valence-corrected chi connectivity index (χ1v) is 11.0. The number of amides is 5. The van der Waals surface area contributed by atoms with Gasteiger partial charge in [0.15, 0.2) is 0 Å². The summed E-state index contributed by atoms with van der Waals surface area (Å²) in [6, 6.07) is 6.41. The molecular formula is C20H19BrN4O4S. The van der Waals surface area contributed by atoms with E-state index < -0.39 is 35.8 Å². The average Bonchev–Trinajstić information content (AvgIpc) is 3.30. The van der Waals surface area contributed by atoms with Gasteiger partial charge in [0.05, 0.1) is 5.56 Å². The number of halogens is 1. The monoisotopic (exact) mass is 490 g/mol. The molecule has 1 saturated heterocycles. The molecule has 0 unspecified atom stereocenters. The number of nitrogens with two attached hydrogens (primary N) is 1. The minimum Gasteiger partial charge on any atom is -0.365 e. The topological polar surface area (TPSA) is 122 Å². The van der Waals surface area contributed by atoms with Gasteiger partial charge in [-0.15, -0.1) is 11.3 Å². The van der Waals surface area contributed by atoms with Crippen LogP contribution in [0.15, 0.2) is 28.7 Å². The lowest BCUT2D eigenvalue weighted by atomic mass is 9.92. The van der Waals surface area contributed by atoms with Gasteiger partial charge in [-0.2, -0.15) is 0 Å². The van der Waals surface area contributed by atoms with Crippen LogP contribution in [0.3, 0.4) is 0 Å². The first-order chi connectivity index (χ1) is 14.2. The number of anilines is 1. The fourth-order valence-corrected chi connectivity index (χ4v) is 5.61. The number of benzene rings is 1. The second kappa shape index (κ2) is 7.51.